The Balaban J connectivity index is 1.85. The van der Waals surface area contributed by atoms with Crippen LogP contribution >= 0.6 is 0 Å². The lowest BCUT2D eigenvalue weighted by molar-refractivity contribution is 0.478. The lowest BCUT2D eigenvalue weighted by atomic mass is 9.96. The molecule has 0 saturated carbocycles. The van der Waals surface area contributed by atoms with Gasteiger partial charge in [0.1, 0.15) is 11.6 Å². The molecule has 128 valence electrons. The van der Waals surface area contributed by atoms with Gasteiger partial charge in [-0.2, -0.15) is 0 Å². The molecular weight excluding hydrogens is 313 g/mol. The van der Waals surface area contributed by atoms with Crippen molar-refractivity contribution in [2.24, 2.45) is 0 Å². The topological polar surface area (TPSA) is 37.0 Å². The maximum Gasteiger partial charge on any atom is 0.134 e. The molecular formula is C21H22FN3. The predicted molar refractivity (Wildman–Crippen MR) is 101 cm³/mol. The molecule has 0 bridgehead atoms. The molecule has 0 spiro atoms. The summed E-state index contributed by atoms with van der Waals surface area (Å²) in [6.45, 7) is 4.02. The van der Waals surface area contributed by atoms with Crippen molar-refractivity contribution in [1.29, 1.82) is 0 Å². The summed E-state index contributed by atoms with van der Waals surface area (Å²) in [5, 5.41) is 9.08. The van der Waals surface area contributed by atoms with Crippen LogP contribution in [0.1, 0.15) is 18.5 Å². The van der Waals surface area contributed by atoms with Gasteiger partial charge in [-0.15, -0.1) is 0 Å². The van der Waals surface area contributed by atoms with Crippen LogP contribution in [0.5, 0.6) is 0 Å². The third-order valence-corrected chi connectivity index (χ3v) is 4.92. The molecule has 1 aliphatic rings. The van der Waals surface area contributed by atoms with Gasteiger partial charge in [0.25, 0.3) is 0 Å². The number of nitrogens with zero attached hydrogens (tertiary/aromatic N) is 1. The van der Waals surface area contributed by atoms with Crippen LogP contribution in [0.15, 0.2) is 48.5 Å². The summed E-state index contributed by atoms with van der Waals surface area (Å²) in [5.41, 5.74) is 2.34. The fraction of sp³-hybridized carbons (Fsp3) is 0.286. The summed E-state index contributed by atoms with van der Waals surface area (Å²) < 4.78 is 14.4. The van der Waals surface area contributed by atoms with E-state index < -0.39 is 0 Å². The van der Waals surface area contributed by atoms with Gasteiger partial charge in [0.05, 0.1) is 0 Å². The molecule has 2 N–H and O–H groups in total. The van der Waals surface area contributed by atoms with Crippen molar-refractivity contribution in [3.05, 3.63) is 60.0 Å². The second-order valence-corrected chi connectivity index (χ2v) is 6.61. The largest absolute Gasteiger partial charge is 0.367 e. The van der Waals surface area contributed by atoms with Gasteiger partial charge in [-0.05, 0) is 44.3 Å². The molecule has 2 heterocycles. The van der Waals surface area contributed by atoms with Crippen molar-refractivity contribution in [2.45, 2.75) is 25.8 Å². The van der Waals surface area contributed by atoms with Gasteiger partial charge in [-0.1, -0.05) is 42.5 Å². The van der Waals surface area contributed by atoms with E-state index in [0.717, 1.165) is 53.8 Å². The SMILES string of the molecule is Cc1nc(NC2CCNCC2)c2ccccc2c1-c1ccccc1F. The molecule has 1 saturated heterocycles. The van der Waals surface area contributed by atoms with Crippen LogP contribution < -0.4 is 10.6 Å². The van der Waals surface area contributed by atoms with Crippen LogP contribution in [0.4, 0.5) is 10.2 Å². The molecule has 0 radical (unpaired) electrons. The molecule has 4 rings (SSSR count). The first-order chi connectivity index (χ1) is 12.2. The highest BCUT2D eigenvalue weighted by atomic mass is 19.1. The third kappa shape index (κ3) is 3.10. The Kier molecular flexibility index (Phi) is 4.36. The number of halogens is 1. The fourth-order valence-corrected chi connectivity index (χ4v) is 3.66. The zero-order chi connectivity index (χ0) is 17.2. The minimum Gasteiger partial charge on any atom is -0.367 e. The monoisotopic (exact) mass is 335 g/mol. The lowest BCUT2D eigenvalue weighted by Crippen LogP contribution is -2.35. The van der Waals surface area contributed by atoms with Crippen molar-refractivity contribution in [3.63, 3.8) is 0 Å². The highest BCUT2D eigenvalue weighted by Gasteiger charge is 2.18. The highest BCUT2D eigenvalue weighted by molar-refractivity contribution is 6.03. The number of hydrogen-bond acceptors (Lipinski definition) is 3. The predicted octanol–water partition coefficient (Wildman–Crippen LogP) is 4.51. The van der Waals surface area contributed by atoms with E-state index >= 15 is 0 Å². The summed E-state index contributed by atoms with van der Waals surface area (Å²) >= 11 is 0. The van der Waals surface area contributed by atoms with E-state index in [1.165, 1.54) is 6.07 Å². The quantitative estimate of drug-likeness (QED) is 0.739. The maximum absolute atomic E-state index is 14.4. The molecule has 2 aromatic carbocycles. The summed E-state index contributed by atoms with van der Waals surface area (Å²) in [7, 11) is 0. The summed E-state index contributed by atoms with van der Waals surface area (Å²) in [4.78, 5) is 4.81. The minimum absolute atomic E-state index is 0.211. The third-order valence-electron chi connectivity index (χ3n) is 4.92. The van der Waals surface area contributed by atoms with Crippen LogP contribution in [-0.4, -0.2) is 24.1 Å². The molecule has 25 heavy (non-hydrogen) atoms. The van der Waals surface area contributed by atoms with E-state index in [1.54, 1.807) is 6.07 Å². The number of hydrogen-bond donors (Lipinski definition) is 2. The molecule has 3 aromatic rings. The zero-order valence-corrected chi connectivity index (χ0v) is 14.3. The molecule has 0 atom stereocenters. The summed E-state index contributed by atoms with van der Waals surface area (Å²) in [6, 6.07) is 15.5. The fourth-order valence-electron chi connectivity index (χ4n) is 3.66. The Morgan fingerprint density at radius 2 is 1.68 bits per heavy atom. The van der Waals surface area contributed by atoms with Gasteiger partial charge in [0.2, 0.25) is 0 Å². The molecule has 3 nitrogen and oxygen atoms in total. The number of aryl methyl sites for hydroxylation is 1. The maximum atomic E-state index is 14.4. The van der Waals surface area contributed by atoms with Crippen LogP contribution in [0.25, 0.3) is 21.9 Å². The van der Waals surface area contributed by atoms with Crippen LogP contribution in [0.2, 0.25) is 0 Å². The molecule has 1 aromatic heterocycles. The van der Waals surface area contributed by atoms with Crippen LogP contribution in [0, 0.1) is 12.7 Å². The number of benzene rings is 2. The first kappa shape index (κ1) is 16.0. The molecule has 4 heteroatoms. The number of nitrogens with one attached hydrogen (secondary N) is 2. The van der Waals surface area contributed by atoms with Gasteiger partial charge < -0.3 is 10.6 Å². The Morgan fingerprint density at radius 3 is 2.44 bits per heavy atom. The molecule has 0 unspecified atom stereocenters. The highest BCUT2D eigenvalue weighted by Crippen LogP contribution is 2.36. The van der Waals surface area contributed by atoms with Gasteiger partial charge in [0.15, 0.2) is 0 Å². The molecule has 0 amide bonds. The smallest absolute Gasteiger partial charge is 0.134 e. The van der Waals surface area contributed by atoms with Gasteiger partial charge in [0, 0.05) is 28.2 Å². The van der Waals surface area contributed by atoms with Gasteiger partial charge >= 0.3 is 0 Å². The van der Waals surface area contributed by atoms with E-state index in [9.17, 15) is 4.39 Å². The van der Waals surface area contributed by atoms with E-state index in [-0.39, 0.29) is 5.82 Å². The Bertz CT molecular complexity index is 901. The Morgan fingerprint density at radius 1 is 1.00 bits per heavy atom. The Hall–Kier alpha value is -2.46. The number of fused-ring (bicyclic) bond motifs is 1. The molecule has 0 aliphatic carbocycles. The summed E-state index contributed by atoms with van der Waals surface area (Å²) in [6.07, 6.45) is 2.17. The Labute approximate surface area is 147 Å². The van der Waals surface area contributed by atoms with Crippen LogP contribution in [0.3, 0.4) is 0 Å². The standard InChI is InChI=1S/C21H22FN3/c1-14-20(18-8-4-5-9-19(18)22)16-6-2-3-7-17(16)21(24-14)25-15-10-12-23-13-11-15/h2-9,15,23H,10-13H2,1H3,(H,24,25). The lowest BCUT2D eigenvalue weighted by Gasteiger charge is -2.25. The second kappa shape index (κ2) is 6.81. The van der Waals surface area contributed by atoms with E-state index in [0.29, 0.717) is 11.6 Å². The first-order valence-corrected chi connectivity index (χ1v) is 8.85. The van der Waals surface area contributed by atoms with E-state index in [4.69, 9.17) is 4.98 Å². The second-order valence-electron chi connectivity index (χ2n) is 6.61. The average Bonchev–Trinajstić information content (AvgIpc) is 2.64. The average molecular weight is 335 g/mol. The number of rotatable bonds is 3. The van der Waals surface area contributed by atoms with E-state index in [1.807, 2.05) is 31.2 Å². The number of aromatic nitrogens is 1. The zero-order valence-electron chi connectivity index (χ0n) is 14.3. The van der Waals surface area contributed by atoms with Crippen molar-refractivity contribution in [2.75, 3.05) is 18.4 Å². The van der Waals surface area contributed by atoms with Crippen molar-refractivity contribution >= 4 is 16.6 Å². The molecule has 1 aliphatic heterocycles. The summed E-state index contributed by atoms with van der Waals surface area (Å²) in [5.74, 6) is 0.691. The first-order valence-electron chi connectivity index (χ1n) is 8.85. The molecule has 1 fully saturated rings. The number of pyridine rings is 1. The normalized spacial score (nSPS) is 15.4. The van der Waals surface area contributed by atoms with Crippen molar-refractivity contribution < 1.29 is 4.39 Å². The minimum atomic E-state index is -0.211. The van der Waals surface area contributed by atoms with Gasteiger partial charge in [-0.25, -0.2) is 9.37 Å². The van der Waals surface area contributed by atoms with Crippen LogP contribution in [-0.2, 0) is 0 Å². The van der Waals surface area contributed by atoms with E-state index in [2.05, 4.69) is 22.8 Å². The van der Waals surface area contributed by atoms with Crippen molar-refractivity contribution in [3.8, 4) is 11.1 Å². The van der Waals surface area contributed by atoms with Crippen molar-refractivity contribution in [1.82, 2.24) is 10.3 Å². The number of anilines is 1. The van der Waals surface area contributed by atoms with Gasteiger partial charge in [-0.3, -0.25) is 0 Å². The number of piperidine rings is 1.